The van der Waals surface area contributed by atoms with Gasteiger partial charge in [0.2, 0.25) is 0 Å². The summed E-state index contributed by atoms with van der Waals surface area (Å²) in [5.41, 5.74) is 1.19. The van der Waals surface area contributed by atoms with Gasteiger partial charge in [-0.2, -0.15) is 5.10 Å². The highest BCUT2D eigenvalue weighted by atomic mass is 16.6. The third-order valence-corrected chi connectivity index (χ3v) is 3.22. The molecule has 1 aromatic heterocycles. The Morgan fingerprint density at radius 1 is 1.67 bits per heavy atom. The van der Waals surface area contributed by atoms with Crippen LogP contribution in [0.15, 0.2) is 12.3 Å². The van der Waals surface area contributed by atoms with E-state index in [9.17, 15) is 4.79 Å². The fourth-order valence-electron chi connectivity index (χ4n) is 2.10. The van der Waals surface area contributed by atoms with Crippen molar-refractivity contribution >= 4 is 5.97 Å². The van der Waals surface area contributed by atoms with Crippen LogP contribution in [0.4, 0.5) is 0 Å². The number of methoxy groups -OCH3 is 1. The summed E-state index contributed by atoms with van der Waals surface area (Å²) in [7, 11) is 3.33. The number of hydrogen-bond acceptors (Lipinski definition) is 5. The van der Waals surface area contributed by atoms with Crippen LogP contribution in [0.25, 0.3) is 0 Å². The minimum Gasteiger partial charge on any atom is -0.467 e. The van der Waals surface area contributed by atoms with Gasteiger partial charge in [-0.3, -0.25) is 9.58 Å². The molecule has 1 aliphatic heterocycles. The van der Waals surface area contributed by atoms with Gasteiger partial charge in [0.15, 0.2) is 6.10 Å². The number of aromatic nitrogens is 2. The molecule has 18 heavy (non-hydrogen) atoms. The van der Waals surface area contributed by atoms with Crippen LogP contribution in [0, 0.1) is 0 Å². The zero-order valence-corrected chi connectivity index (χ0v) is 10.8. The third kappa shape index (κ3) is 3.08. The summed E-state index contributed by atoms with van der Waals surface area (Å²) in [4.78, 5) is 13.6. The lowest BCUT2D eigenvalue weighted by Crippen LogP contribution is -2.47. The molecule has 0 N–H and O–H groups in total. The molecule has 1 fully saturated rings. The Kier molecular flexibility index (Phi) is 4.33. The minimum atomic E-state index is -0.449. The second-order valence-corrected chi connectivity index (χ2v) is 4.38. The smallest absolute Gasteiger partial charge is 0.336 e. The number of esters is 1. The molecule has 2 heterocycles. The van der Waals surface area contributed by atoms with Crippen molar-refractivity contribution in [3.05, 3.63) is 18.0 Å². The van der Waals surface area contributed by atoms with Gasteiger partial charge in [0, 0.05) is 45.0 Å². The van der Waals surface area contributed by atoms with Crippen molar-refractivity contribution in [2.24, 2.45) is 7.05 Å². The number of morpholine rings is 1. The molecule has 0 aliphatic carbocycles. The maximum atomic E-state index is 11.4. The maximum Gasteiger partial charge on any atom is 0.336 e. The number of hydrogen-bond donors (Lipinski definition) is 0. The Morgan fingerprint density at radius 2 is 2.50 bits per heavy atom. The lowest BCUT2D eigenvalue weighted by molar-refractivity contribution is -0.159. The summed E-state index contributed by atoms with van der Waals surface area (Å²) >= 11 is 0. The predicted molar refractivity (Wildman–Crippen MR) is 65.1 cm³/mol. The average Bonchev–Trinajstić information content (AvgIpc) is 2.81. The van der Waals surface area contributed by atoms with E-state index in [0.717, 1.165) is 19.5 Å². The van der Waals surface area contributed by atoms with E-state index in [0.29, 0.717) is 13.2 Å². The van der Waals surface area contributed by atoms with Crippen LogP contribution in [0.2, 0.25) is 0 Å². The number of aryl methyl sites for hydroxylation is 1. The molecule has 1 aromatic rings. The molecule has 100 valence electrons. The first-order chi connectivity index (χ1) is 8.70. The van der Waals surface area contributed by atoms with E-state index < -0.39 is 6.10 Å². The van der Waals surface area contributed by atoms with Gasteiger partial charge in [-0.25, -0.2) is 4.79 Å². The summed E-state index contributed by atoms with van der Waals surface area (Å²) in [5.74, 6) is -0.291. The molecule has 6 heteroatoms. The van der Waals surface area contributed by atoms with E-state index in [2.05, 4.69) is 10.00 Å². The predicted octanol–water partition coefficient (Wildman–Crippen LogP) is -0.164. The first-order valence-electron chi connectivity index (χ1n) is 6.09. The van der Waals surface area contributed by atoms with Crippen LogP contribution in [-0.4, -0.2) is 60.1 Å². The van der Waals surface area contributed by atoms with Crippen molar-refractivity contribution in [1.29, 1.82) is 0 Å². The second-order valence-electron chi connectivity index (χ2n) is 4.38. The Labute approximate surface area is 106 Å². The lowest BCUT2D eigenvalue weighted by atomic mass is 10.2. The van der Waals surface area contributed by atoms with Crippen molar-refractivity contribution < 1.29 is 14.3 Å². The fourth-order valence-corrected chi connectivity index (χ4v) is 2.10. The number of rotatable bonds is 4. The van der Waals surface area contributed by atoms with Gasteiger partial charge in [0.1, 0.15) is 0 Å². The number of ether oxygens (including phenoxy) is 2. The van der Waals surface area contributed by atoms with Gasteiger partial charge < -0.3 is 9.47 Å². The van der Waals surface area contributed by atoms with Crippen LogP contribution in [0.1, 0.15) is 5.69 Å². The highest BCUT2D eigenvalue weighted by Gasteiger charge is 2.27. The van der Waals surface area contributed by atoms with E-state index in [-0.39, 0.29) is 5.97 Å². The van der Waals surface area contributed by atoms with Crippen molar-refractivity contribution in [2.45, 2.75) is 12.5 Å². The highest BCUT2D eigenvalue weighted by molar-refractivity contribution is 5.74. The van der Waals surface area contributed by atoms with E-state index in [1.807, 2.05) is 17.8 Å². The quantitative estimate of drug-likeness (QED) is 0.698. The molecule has 0 radical (unpaired) electrons. The average molecular weight is 253 g/mol. The van der Waals surface area contributed by atoms with Gasteiger partial charge in [-0.05, 0) is 6.07 Å². The van der Waals surface area contributed by atoms with Gasteiger partial charge in [0.05, 0.1) is 13.7 Å². The highest BCUT2D eigenvalue weighted by Crippen LogP contribution is 2.08. The lowest BCUT2D eigenvalue weighted by Gasteiger charge is -2.31. The maximum absolute atomic E-state index is 11.4. The summed E-state index contributed by atoms with van der Waals surface area (Å²) in [5, 5.41) is 4.14. The number of carbonyl (C=O) groups excluding carboxylic acids is 1. The zero-order chi connectivity index (χ0) is 13.0. The number of carbonyl (C=O) groups is 1. The summed E-state index contributed by atoms with van der Waals surface area (Å²) in [6.45, 7) is 2.93. The van der Waals surface area contributed by atoms with Crippen LogP contribution < -0.4 is 0 Å². The fraction of sp³-hybridized carbons (Fsp3) is 0.667. The first-order valence-corrected chi connectivity index (χ1v) is 6.09. The molecule has 0 amide bonds. The largest absolute Gasteiger partial charge is 0.467 e. The molecular weight excluding hydrogens is 234 g/mol. The van der Waals surface area contributed by atoms with Gasteiger partial charge in [-0.15, -0.1) is 0 Å². The Bertz CT molecular complexity index is 405. The van der Waals surface area contributed by atoms with Crippen molar-refractivity contribution in [3.63, 3.8) is 0 Å². The third-order valence-electron chi connectivity index (χ3n) is 3.22. The Balaban J connectivity index is 1.83. The molecule has 1 aliphatic rings. The number of nitrogens with zero attached hydrogens (tertiary/aromatic N) is 3. The van der Waals surface area contributed by atoms with Gasteiger partial charge in [-0.1, -0.05) is 0 Å². The van der Waals surface area contributed by atoms with Crippen molar-refractivity contribution in [3.8, 4) is 0 Å². The molecule has 0 aromatic carbocycles. The van der Waals surface area contributed by atoms with E-state index in [1.165, 1.54) is 12.8 Å². The Morgan fingerprint density at radius 3 is 3.17 bits per heavy atom. The SMILES string of the molecule is COC(=O)C1CN(CCc2ccnn2C)CCO1. The molecule has 0 saturated carbocycles. The second kappa shape index (κ2) is 5.97. The van der Waals surface area contributed by atoms with Crippen LogP contribution in [0.3, 0.4) is 0 Å². The van der Waals surface area contributed by atoms with Crippen LogP contribution >= 0.6 is 0 Å². The molecule has 1 saturated heterocycles. The van der Waals surface area contributed by atoms with E-state index >= 15 is 0 Å². The zero-order valence-electron chi connectivity index (χ0n) is 10.8. The topological polar surface area (TPSA) is 56.6 Å². The van der Waals surface area contributed by atoms with Crippen molar-refractivity contribution in [1.82, 2.24) is 14.7 Å². The summed E-state index contributed by atoms with van der Waals surface area (Å²) in [6, 6.07) is 2.01. The molecule has 2 rings (SSSR count). The van der Waals surface area contributed by atoms with E-state index in [4.69, 9.17) is 9.47 Å². The van der Waals surface area contributed by atoms with Crippen LogP contribution in [0.5, 0.6) is 0 Å². The summed E-state index contributed by atoms with van der Waals surface area (Å²) < 4.78 is 12.0. The normalized spacial score (nSPS) is 20.9. The minimum absolute atomic E-state index is 0.291. The Hall–Kier alpha value is -1.40. The monoisotopic (exact) mass is 253 g/mol. The molecular formula is C12H19N3O3. The standard InChI is InChI=1S/C12H19N3O3/c1-14-10(3-5-13-14)4-6-15-7-8-18-11(9-15)12(16)17-2/h3,5,11H,4,6-9H2,1-2H3. The van der Waals surface area contributed by atoms with Crippen LogP contribution in [-0.2, 0) is 27.7 Å². The molecule has 6 nitrogen and oxygen atoms in total. The van der Waals surface area contributed by atoms with E-state index in [1.54, 1.807) is 6.20 Å². The molecule has 0 spiro atoms. The molecule has 1 atom stereocenters. The molecule has 1 unspecified atom stereocenters. The van der Waals surface area contributed by atoms with Crippen molar-refractivity contribution in [2.75, 3.05) is 33.4 Å². The first kappa shape index (κ1) is 13.0. The summed E-state index contributed by atoms with van der Waals surface area (Å²) in [6.07, 6.45) is 2.27. The molecule has 0 bridgehead atoms. The van der Waals surface area contributed by atoms with Gasteiger partial charge in [0.25, 0.3) is 0 Å². The van der Waals surface area contributed by atoms with Gasteiger partial charge >= 0.3 is 5.97 Å².